The second-order valence-electron chi connectivity index (χ2n) is 5.49. The van der Waals surface area contributed by atoms with Gasteiger partial charge in [0.1, 0.15) is 6.61 Å². The Balaban J connectivity index is 1.63. The molecule has 0 amide bonds. The number of hydrogen-bond donors (Lipinski definition) is 1. The molecule has 1 N–H and O–H groups in total. The van der Waals surface area contributed by atoms with E-state index in [0.717, 1.165) is 22.0 Å². The number of benzene rings is 2. The van der Waals surface area contributed by atoms with Crippen LogP contribution in [0.3, 0.4) is 0 Å². The number of halogens is 1. The highest BCUT2D eigenvalue weighted by molar-refractivity contribution is 7.13. The van der Waals surface area contributed by atoms with Crippen LogP contribution in [0.25, 0.3) is 0 Å². The molecule has 134 valence electrons. The molecule has 0 bridgehead atoms. The summed E-state index contributed by atoms with van der Waals surface area (Å²) in [6.45, 7) is 2.38. The Morgan fingerprint density at radius 2 is 2.00 bits per heavy atom. The van der Waals surface area contributed by atoms with Crippen molar-refractivity contribution in [2.45, 2.75) is 13.5 Å². The van der Waals surface area contributed by atoms with E-state index in [9.17, 15) is 0 Å². The molecule has 0 fully saturated rings. The standard InChI is InChI=1S/C19H18ClN3O2S/c1-13-12-26-19(22-13)23-21-10-15-5-8-17(18(9-15)24-2)25-11-14-3-6-16(20)7-4-14/h3-10,12H,11H2,1-2H3,(H,22,23)/b21-10+. The van der Waals surface area contributed by atoms with Gasteiger partial charge in [0.2, 0.25) is 5.13 Å². The van der Waals surface area contributed by atoms with Crippen LogP contribution in [0.2, 0.25) is 5.02 Å². The molecule has 3 aromatic rings. The van der Waals surface area contributed by atoms with Gasteiger partial charge in [0, 0.05) is 10.4 Å². The molecule has 0 atom stereocenters. The normalized spacial score (nSPS) is 10.9. The summed E-state index contributed by atoms with van der Waals surface area (Å²) in [7, 11) is 1.61. The Labute approximate surface area is 161 Å². The molecule has 0 saturated heterocycles. The van der Waals surface area contributed by atoms with Gasteiger partial charge >= 0.3 is 0 Å². The van der Waals surface area contributed by atoms with Gasteiger partial charge in [0.25, 0.3) is 0 Å². The van der Waals surface area contributed by atoms with Gasteiger partial charge in [0.05, 0.1) is 19.0 Å². The zero-order valence-electron chi connectivity index (χ0n) is 14.4. The summed E-state index contributed by atoms with van der Waals surface area (Å²) in [6, 6.07) is 13.2. The number of aryl methyl sites for hydroxylation is 1. The molecule has 0 aliphatic rings. The molecule has 0 radical (unpaired) electrons. The molecule has 3 rings (SSSR count). The van der Waals surface area contributed by atoms with Crippen molar-refractivity contribution in [1.29, 1.82) is 0 Å². The molecule has 1 heterocycles. The molecule has 1 aromatic heterocycles. The van der Waals surface area contributed by atoms with Crippen molar-refractivity contribution in [3.05, 3.63) is 69.7 Å². The Hall–Kier alpha value is -2.57. The lowest BCUT2D eigenvalue weighted by atomic mass is 10.2. The number of aromatic nitrogens is 1. The van der Waals surface area contributed by atoms with E-state index >= 15 is 0 Å². The molecule has 2 aromatic carbocycles. The molecule has 0 aliphatic carbocycles. The van der Waals surface area contributed by atoms with Crippen molar-refractivity contribution in [2.24, 2.45) is 5.10 Å². The number of anilines is 1. The molecular formula is C19H18ClN3O2S. The number of methoxy groups -OCH3 is 1. The highest BCUT2D eigenvalue weighted by atomic mass is 35.5. The van der Waals surface area contributed by atoms with E-state index in [-0.39, 0.29) is 0 Å². The number of hydrazone groups is 1. The average molecular weight is 388 g/mol. The fraction of sp³-hybridized carbons (Fsp3) is 0.158. The Kier molecular flexibility index (Phi) is 6.09. The summed E-state index contributed by atoms with van der Waals surface area (Å²) < 4.78 is 11.3. The number of rotatable bonds is 7. The number of hydrogen-bond acceptors (Lipinski definition) is 6. The monoisotopic (exact) mass is 387 g/mol. The Morgan fingerprint density at radius 3 is 2.69 bits per heavy atom. The van der Waals surface area contributed by atoms with Crippen LogP contribution in [0.4, 0.5) is 5.13 Å². The Bertz CT molecular complexity index is 894. The number of nitrogens with zero attached hydrogens (tertiary/aromatic N) is 2. The van der Waals surface area contributed by atoms with E-state index < -0.39 is 0 Å². The van der Waals surface area contributed by atoms with Crippen LogP contribution >= 0.6 is 22.9 Å². The first-order valence-electron chi connectivity index (χ1n) is 7.90. The van der Waals surface area contributed by atoms with Crippen LogP contribution in [0, 0.1) is 6.92 Å². The maximum atomic E-state index is 5.89. The van der Waals surface area contributed by atoms with E-state index in [1.165, 1.54) is 11.3 Å². The van der Waals surface area contributed by atoms with Gasteiger partial charge in [-0.15, -0.1) is 11.3 Å². The lowest BCUT2D eigenvalue weighted by molar-refractivity contribution is 0.284. The molecule has 0 aliphatic heterocycles. The minimum atomic E-state index is 0.436. The van der Waals surface area contributed by atoms with Gasteiger partial charge in [-0.25, -0.2) is 4.98 Å². The molecular weight excluding hydrogens is 370 g/mol. The third-order valence-electron chi connectivity index (χ3n) is 3.49. The van der Waals surface area contributed by atoms with Gasteiger partial charge in [-0.05, 0) is 48.4 Å². The summed E-state index contributed by atoms with van der Waals surface area (Å²) >= 11 is 7.41. The predicted octanol–water partition coefficient (Wildman–Crippen LogP) is 5.14. The van der Waals surface area contributed by atoms with Crippen LogP contribution in [0.5, 0.6) is 11.5 Å². The SMILES string of the molecule is COc1cc(/C=N/Nc2nc(C)cs2)ccc1OCc1ccc(Cl)cc1. The zero-order chi connectivity index (χ0) is 18.4. The first-order chi connectivity index (χ1) is 12.6. The lowest BCUT2D eigenvalue weighted by Gasteiger charge is -2.11. The minimum absolute atomic E-state index is 0.436. The maximum absolute atomic E-state index is 5.89. The van der Waals surface area contributed by atoms with Crippen LogP contribution in [0.1, 0.15) is 16.8 Å². The van der Waals surface area contributed by atoms with Crippen molar-refractivity contribution in [2.75, 3.05) is 12.5 Å². The summed E-state index contributed by atoms with van der Waals surface area (Å²) in [5.74, 6) is 1.32. The van der Waals surface area contributed by atoms with Crippen molar-refractivity contribution >= 4 is 34.3 Å². The van der Waals surface area contributed by atoms with Gasteiger partial charge in [-0.1, -0.05) is 23.7 Å². The quantitative estimate of drug-likeness (QED) is 0.450. The van der Waals surface area contributed by atoms with Crippen molar-refractivity contribution in [3.63, 3.8) is 0 Å². The van der Waals surface area contributed by atoms with E-state index in [2.05, 4.69) is 15.5 Å². The minimum Gasteiger partial charge on any atom is -0.493 e. The second kappa shape index (κ2) is 8.69. The van der Waals surface area contributed by atoms with Crippen LogP contribution in [-0.2, 0) is 6.61 Å². The lowest BCUT2D eigenvalue weighted by Crippen LogP contribution is -1.98. The van der Waals surface area contributed by atoms with Crippen LogP contribution in [-0.4, -0.2) is 18.3 Å². The van der Waals surface area contributed by atoms with E-state index in [4.69, 9.17) is 21.1 Å². The van der Waals surface area contributed by atoms with Gasteiger partial charge in [-0.3, -0.25) is 5.43 Å². The van der Waals surface area contributed by atoms with E-state index in [0.29, 0.717) is 23.1 Å². The van der Waals surface area contributed by atoms with Gasteiger partial charge in [-0.2, -0.15) is 5.10 Å². The number of ether oxygens (including phenoxy) is 2. The van der Waals surface area contributed by atoms with Gasteiger partial charge < -0.3 is 9.47 Å². The predicted molar refractivity (Wildman–Crippen MR) is 107 cm³/mol. The zero-order valence-corrected chi connectivity index (χ0v) is 16.0. The van der Waals surface area contributed by atoms with Crippen molar-refractivity contribution < 1.29 is 9.47 Å². The van der Waals surface area contributed by atoms with Crippen molar-refractivity contribution in [1.82, 2.24) is 4.98 Å². The smallest absolute Gasteiger partial charge is 0.203 e. The van der Waals surface area contributed by atoms with E-state index in [1.54, 1.807) is 13.3 Å². The first-order valence-corrected chi connectivity index (χ1v) is 9.16. The van der Waals surface area contributed by atoms with Crippen LogP contribution < -0.4 is 14.9 Å². The third kappa shape index (κ3) is 4.97. The largest absolute Gasteiger partial charge is 0.493 e. The number of nitrogens with one attached hydrogen (secondary N) is 1. The molecule has 0 spiro atoms. The summed E-state index contributed by atoms with van der Waals surface area (Å²) in [4.78, 5) is 4.29. The van der Waals surface area contributed by atoms with Crippen molar-refractivity contribution in [3.8, 4) is 11.5 Å². The molecule has 7 heteroatoms. The first kappa shape index (κ1) is 18.2. The summed E-state index contributed by atoms with van der Waals surface area (Å²) in [6.07, 6.45) is 1.71. The topological polar surface area (TPSA) is 55.7 Å². The molecule has 26 heavy (non-hydrogen) atoms. The summed E-state index contributed by atoms with van der Waals surface area (Å²) in [5.41, 5.74) is 5.80. The Morgan fingerprint density at radius 1 is 1.19 bits per heavy atom. The summed E-state index contributed by atoms with van der Waals surface area (Å²) in [5, 5.41) is 7.63. The fourth-order valence-corrected chi connectivity index (χ4v) is 2.96. The third-order valence-corrected chi connectivity index (χ3v) is 4.60. The highest BCUT2D eigenvalue weighted by Crippen LogP contribution is 2.28. The average Bonchev–Trinajstić information content (AvgIpc) is 3.07. The molecule has 0 unspecified atom stereocenters. The molecule has 0 saturated carbocycles. The number of thiazole rings is 1. The fourth-order valence-electron chi connectivity index (χ4n) is 2.19. The second-order valence-corrected chi connectivity index (χ2v) is 6.78. The van der Waals surface area contributed by atoms with Crippen LogP contribution in [0.15, 0.2) is 52.9 Å². The molecule has 5 nitrogen and oxygen atoms in total. The van der Waals surface area contributed by atoms with Gasteiger partial charge in [0.15, 0.2) is 11.5 Å². The maximum Gasteiger partial charge on any atom is 0.203 e. The highest BCUT2D eigenvalue weighted by Gasteiger charge is 2.06. The van der Waals surface area contributed by atoms with E-state index in [1.807, 2.05) is 54.8 Å².